The van der Waals surface area contributed by atoms with Crippen LogP contribution >= 0.6 is 0 Å². The van der Waals surface area contributed by atoms with Crippen molar-refractivity contribution in [3.63, 3.8) is 0 Å². The summed E-state index contributed by atoms with van der Waals surface area (Å²) < 4.78 is 10.8. The Bertz CT molecular complexity index is 728. The maximum atomic E-state index is 9.28. The first-order chi connectivity index (χ1) is 11.3. The molecule has 1 aliphatic heterocycles. The predicted molar refractivity (Wildman–Crippen MR) is 85.4 cm³/mol. The lowest BCUT2D eigenvalue weighted by Crippen LogP contribution is -2.24. The molecule has 0 aliphatic carbocycles. The van der Waals surface area contributed by atoms with Gasteiger partial charge in [0.1, 0.15) is 11.5 Å². The molecule has 0 spiro atoms. The van der Waals surface area contributed by atoms with Crippen molar-refractivity contribution < 1.29 is 14.7 Å². The van der Waals surface area contributed by atoms with Gasteiger partial charge in [-0.15, -0.1) is 0 Å². The molecule has 1 aromatic carbocycles. The van der Waals surface area contributed by atoms with Crippen molar-refractivity contribution in [3.8, 4) is 17.4 Å². The Morgan fingerprint density at radius 1 is 1.22 bits per heavy atom. The van der Waals surface area contributed by atoms with E-state index in [1.807, 2.05) is 0 Å². The normalized spacial score (nSPS) is 14.1. The van der Waals surface area contributed by atoms with Gasteiger partial charge < -0.3 is 14.7 Å². The van der Waals surface area contributed by atoms with Crippen LogP contribution in [0.3, 0.4) is 0 Å². The Morgan fingerprint density at radius 3 is 2.65 bits per heavy atom. The highest BCUT2D eigenvalue weighted by atomic mass is 16.5. The van der Waals surface area contributed by atoms with Gasteiger partial charge in [0.2, 0.25) is 5.88 Å². The molecule has 0 bridgehead atoms. The summed E-state index contributed by atoms with van der Waals surface area (Å²) in [5.74, 6) is 2.15. The molecule has 0 atom stereocenters. The van der Waals surface area contributed by atoms with Crippen LogP contribution in [0.25, 0.3) is 0 Å². The van der Waals surface area contributed by atoms with Crippen LogP contribution in [0.4, 0.5) is 0 Å². The number of hydrogen-bond donors (Lipinski definition) is 1. The molecule has 2 aromatic rings. The van der Waals surface area contributed by atoms with Crippen LogP contribution < -0.4 is 9.47 Å². The molecule has 1 aromatic heterocycles. The maximum absolute atomic E-state index is 9.28. The fourth-order valence-electron chi connectivity index (χ4n) is 2.18. The molecular formula is C16H16N4O3. The van der Waals surface area contributed by atoms with E-state index in [2.05, 4.69) is 15.2 Å². The zero-order valence-electron chi connectivity index (χ0n) is 12.6. The van der Waals surface area contributed by atoms with E-state index in [1.54, 1.807) is 60.9 Å². The third-order valence-electron chi connectivity index (χ3n) is 3.31. The zero-order chi connectivity index (χ0) is 16.1. The van der Waals surface area contributed by atoms with Crippen LogP contribution in [0, 0.1) is 0 Å². The van der Waals surface area contributed by atoms with Gasteiger partial charge in [0, 0.05) is 37.0 Å². The summed E-state index contributed by atoms with van der Waals surface area (Å²) in [6.45, 7) is 0.677. The van der Waals surface area contributed by atoms with Crippen LogP contribution in [0.1, 0.15) is 12.0 Å². The Balaban J connectivity index is 1.80. The lowest BCUT2D eigenvalue weighted by molar-refractivity contribution is 0.305. The summed E-state index contributed by atoms with van der Waals surface area (Å²) in [7, 11) is 1.61. The third-order valence-corrected chi connectivity index (χ3v) is 3.31. The van der Waals surface area contributed by atoms with E-state index in [4.69, 9.17) is 9.47 Å². The van der Waals surface area contributed by atoms with Crippen LogP contribution in [-0.4, -0.2) is 40.9 Å². The minimum Gasteiger partial charge on any atom is -0.497 e. The molecule has 3 rings (SSSR count). The average Bonchev–Trinajstić information content (AvgIpc) is 3.11. The molecule has 0 fully saturated rings. The van der Waals surface area contributed by atoms with Crippen LogP contribution in [0.2, 0.25) is 0 Å². The average molecular weight is 312 g/mol. The summed E-state index contributed by atoms with van der Waals surface area (Å²) in [6, 6.07) is 10.6. The molecule has 0 radical (unpaired) electrons. The largest absolute Gasteiger partial charge is 0.497 e. The molecule has 1 N–H and O–H groups in total. The minimum absolute atomic E-state index is 0.362. The molecule has 0 saturated carbocycles. The first-order valence-electron chi connectivity index (χ1n) is 7.10. The van der Waals surface area contributed by atoms with Gasteiger partial charge in [-0.3, -0.25) is 0 Å². The standard InChI is InChI=1S/C16H16N4O3/c1-22-13-3-5-14(6-4-13)23-15-11-12(7-9-17-15)16(19-21)20-10-2-8-18-20/h3-9,11,21H,2,10H2,1H3/b19-16-. The van der Waals surface area contributed by atoms with E-state index in [1.165, 1.54) is 0 Å². The van der Waals surface area contributed by atoms with Crippen molar-refractivity contribution >= 4 is 12.1 Å². The number of aromatic nitrogens is 1. The summed E-state index contributed by atoms with van der Waals surface area (Å²) in [6.07, 6.45) is 4.19. The van der Waals surface area contributed by atoms with E-state index in [-0.39, 0.29) is 0 Å². The van der Waals surface area contributed by atoms with Gasteiger partial charge in [-0.1, -0.05) is 5.16 Å². The second-order valence-corrected chi connectivity index (χ2v) is 4.79. The van der Waals surface area contributed by atoms with Gasteiger partial charge in [0.25, 0.3) is 0 Å². The van der Waals surface area contributed by atoms with E-state index in [0.717, 1.165) is 12.2 Å². The molecular weight excluding hydrogens is 296 g/mol. The fourth-order valence-corrected chi connectivity index (χ4v) is 2.18. The van der Waals surface area contributed by atoms with Crippen LogP contribution in [0.5, 0.6) is 17.4 Å². The number of nitrogens with zero attached hydrogens (tertiary/aromatic N) is 4. The topological polar surface area (TPSA) is 79.5 Å². The monoisotopic (exact) mass is 312 g/mol. The molecule has 118 valence electrons. The second kappa shape index (κ2) is 6.78. The number of methoxy groups -OCH3 is 1. The fraction of sp³-hybridized carbons (Fsp3) is 0.188. The molecule has 7 heteroatoms. The van der Waals surface area contributed by atoms with E-state index in [0.29, 0.717) is 29.6 Å². The Labute approximate surface area is 133 Å². The number of benzene rings is 1. The predicted octanol–water partition coefficient (Wildman–Crippen LogP) is 2.71. The highest BCUT2D eigenvalue weighted by molar-refractivity contribution is 5.99. The van der Waals surface area contributed by atoms with Crippen molar-refractivity contribution in [2.45, 2.75) is 6.42 Å². The molecule has 0 saturated heterocycles. The van der Waals surface area contributed by atoms with Crippen molar-refractivity contribution in [1.82, 2.24) is 9.99 Å². The summed E-state index contributed by atoms with van der Waals surface area (Å²) in [4.78, 5) is 4.17. The quantitative estimate of drug-likeness (QED) is 0.406. The first-order valence-corrected chi connectivity index (χ1v) is 7.10. The van der Waals surface area contributed by atoms with Gasteiger partial charge in [-0.2, -0.15) is 5.10 Å². The molecule has 7 nitrogen and oxygen atoms in total. The molecule has 2 heterocycles. The van der Waals surface area contributed by atoms with Crippen molar-refractivity contribution in [3.05, 3.63) is 48.2 Å². The second-order valence-electron chi connectivity index (χ2n) is 4.79. The Morgan fingerprint density at radius 2 is 2.00 bits per heavy atom. The minimum atomic E-state index is 0.362. The van der Waals surface area contributed by atoms with Crippen LogP contribution in [0.15, 0.2) is 52.9 Å². The van der Waals surface area contributed by atoms with E-state index < -0.39 is 0 Å². The number of ether oxygens (including phenoxy) is 2. The van der Waals surface area contributed by atoms with Crippen molar-refractivity contribution in [2.24, 2.45) is 10.3 Å². The van der Waals surface area contributed by atoms with Crippen LogP contribution in [-0.2, 0) is 0 Å². The van der Waals surface area contributed by atoms with Gasteiger partial charge >= 0.3 is 0 Å². The number of pyridine rings is 1. The Kier molecular flexibility index (Phi) is 4.37. The van der Waals surface area contributed by atoms with Gasteiger partial charge in [-0.05, 0) is 30.3 Å². The molecule has 0 unspecified atom stereocenters. The highest BCUT2D eigenvalue weighted by Gasteiger charge is 2.17. The molecule has 0 amide bonds. The highest BCUT2D eigenvalue weighted by Crippen LogP contribution is 2.23. The third kappa shape index (κ3) is 3.39. The summed E-state index contributed by atoms with van der Waals surface area (Å²) in [5.41, 5.74) is 0.671. The SMILES string of the molecule is COc1ccc(Oc2cc(/C(=N/O)N3CCC=N3)ccn2)cc1. The van der Waals surface area contributed by atoms with E-state index in [9.17, 15) is 5.21 Å². The number of amidine groups is 1. The van der Waals surface area contributed by atoms with Crippen molar-refractivity contribution in [2.75, 3.05) is 13.7 Å². The summed E-state index contributed by atoms with van der Waals surface area (Å²) in [5, 5.41) is 18.4. The maximum Gasteiger partial charge on any atom is 0.219 e. The lowest BCUT2D eigenvalue weighted by Gasteiger charge is -2.15. The van der Waals surface area contributed by atoms with E-state index >= 15 is 0 Å². The Hall–Kier alpha value is -3.09. The number of hydrazone groups is 1. The smallest absolute Gasteiger partial charge is 0.219 e. The van der Waals surface area contributed by atoms with Gasteiger partial charge in [0.05, 0.1) is 7.11 Å². The zero-order valence-corrected chi connectivity index (χ0v) is 12.6. The molecule has 1 aliphatic rings. The lowest BCUT2D eigenvalue weighted by atomic mass is 10.2. The number of oxime groups is 1. The summed E-state index contributed by atoms with van der Waals surface area (Å²) >= 11 is 0. The number of rotatable bonds is 4. The molecule has 23 heavy (non-hydrogen) atoms. The van der Waals surface area contributed by atoms with Crippen molar-refractivity contribution in [1.29, 1.82) is 0 Å². The van der Waals surface area contributed by atoms with Gasteiger partial charge in [0.15, 0.2) is 5.84 Å². The van der Waals surface area contributed by atoms with Gasteiger partial charge in [-0.25, -0.2) is 9.99 Å². The number of hydrogen-bond acceptors (Lipinski definition) is 6. The first kappa shape index (κ1) is 14.8.